The molecule has 0 saturated heterocycles. The van der Waals surface area contributed by atoms with Crippen LogP contribution in [0, 0.1) is 5.82 Å². The lowest BCUT2D eigenvalue weighted by atomic mass is 9.89. The van der Waals surface area contributed by atoms with E-state index in [-0.39, 0.29) is 22.8 Å². The fourth-order valence-corrected chi connectivity index (χ4v) is 2.01. The molecule has 0 aliphatic carbocycles. The maximum atomic E-state index is 13.8. The van der Waals surface area contributed by atoms with Crippen LogP contribution in [0.2, 0.25) is 0 Å². The van der Waals surface area contributed by atoms with E-state index in [1.165, 1.54) is 19.2 Å². The van der Waals surface area contributed by atoms with Gasteiger partial charge in [-0.3, -0.25) is 0 Å². The largest absolute Gasteiger partial charge is 0.494 e. The lowest BCUT2D eigenvalue weighted by Gasteiger charge is -2.14. The Hall–Kier alpha value is -2.37. The van der Waals surface area contributed by atoms with Gasteiger partial charge in [0.1, 0.15) is 11.3 Å². The molecule has 0 spiro atoms. The van der Waals surface area contributed by atoms with Gasteiger partial charge in [0, 0.05) is 11.0 Å². The second-order valence-corrected chi connectivity index (χ2v) is 5.64. The molecule has 1 N–H and O–H groups in total. The number of carboxylic acid groups (broad SMARTS) is 1. The summed E-state index contributed by atoms with van der Waals surface area (Å²) in [6.45, 7) is 5.45. The van der Waals surface area contributed by atoms with Crippen molar-refractivity contribution in [2.24, 2.45) is 0 Å². The molecule has 2 aromatic rings. The van der Waals surface area contributed by atoms with Crippen LogP contribution in [0.1, 0.15) is 36.9 Å². The molecule has 0 unspecified atom stereocenters. The molecule has 2 rings (SSSR count). The number of carboxylic acids is 1. The number of aromatic carboxylic acids is 1. The molecule has 1 aromatic carbocycles. The van der Waals surface area contributed by atoms with Crippen molar-refractivity contribution >= 4 is 5.97 Å². The van der Waals surface area contributed by atoms with Gasteiger partial charge in [-0.2, -0.15) is 0 Å². The van der Waals surface area contributed by atoms with Gasteiger partial charge >= 0.3 is 5.97 Å². The van der Waals surface area contributed by atoms with E-state index in [2.05, 4.69) is 5.16 Å². The number of benzene rings is 1. The number of carbonyl (C=O) groups is 1. The first-order chi connectivity index (χ1) is 9.75. The normalized spacial score (nSPS) is 11.5. The summed E-state index contributed by atoms with van der Waals surface area (Å²) in [6.07, 6.45) is 0. The average molecular weight is 293 g/mol. The molecular weight excluding hydrogens is 277 g/mol. The van der Waals surface area contributed by atoms with Gasteiger partial charge in [0.2, 0.25) is 0 Å². The van der Waals surface area contributed by atoms with E-state index in [1.807, 2.05) is 20.8 Å². The number of halogens is 1. The lowest BCUT2D eigenvalue weighted by Crippen LogP contribution is -2.15. The maximum absolute atomic E-state index is 13.8. The Morgan fingerprint density at radius 3 is 2.52 bits per heavy atom. The van der Waals surface area contributed by atoms with Gasteiger partial charge in [0.15, 0.2) is 17.3 Å². The fourth-order valence-electron chi connectivity index (χ4n) is 2.01. The molecule has 1 aromatic heterocycles. The molecule has 6 heteroatoms. The van der Waals surface area contributed by atoms with E-state index >= 15 is 0 Å². The summed E-state index contributed by atoms with van der Waals surface area (Å²) >= 11 is 0. The minimum atomic E-state index is -1.16. The number of ether oxygens (including phenoxy) is 1. The highest BCUT2D eigenvalue weighted by Crippen LogP contribution is 2.34. The van der Waals surface area contributed by atoms with Gasteiger partial charge in [-0.25, -0.2) is 9.18 Å². The molecule has 0 atom stereocenters. The summed E-state index contributed by atoms with van der Waals surface area (Å²) in [7, 11) is 1.36. The van der Waals surface area contributed by atoms with Crippen molar-refractivity contribution in [1.82, 2.24) is 5.16 Å². The van der Waals surface area contributed by atoms with Crippen LogP contribution >= 0.6 is 0 Å². The Labute approximate surface area is 121 Å². The first-order valence-electron chi connectivity index (χ1n) is 6.33. The maximum Gasteiger partial charge on any atom is 0.341 e. The van der Waals surface area contributed by atoms with Crippen molar-refractivity contribution in [3.8, 4) is 17.0 Å². The first-order valence-corrected chi connectivity index (χ1v) is 6.33. The number of nitrogens with zero attached hydrogens (tertiary/aromatic N) is 1. The summed E-state index contributed by atoms with van der Waals surface area (Å²) in [6, 6.07) is 4.13. The molecule has 5 nitrogen and oxygen atoms in total. The molecule has 0 aliphatic rings. The minimum Gasteiger partial charge on any atom is -0.494 e. The zero-order valence-electron chi connectivity index (χ0n) is 12.2. The average Bonchev–Trinajstić information content (AvgIpc) is 2.83. The molecule has 0 bridgehead atoms. The van der Waals surface area contributed by atoms with E-state index in [0.29, 0.717) is 5.56 Å². The van der Waals surface area contributed by atoms with E-state index < -0.39 is 17.2 Å². The smallest absolute Gasteiger partial charge is 0.341 e. The highest BCUT2D eigenvalue weighted by Gasteiger charge is 2.31. The lowest BCUT2D eigenvalue weighted by molar-refractivity contribution is 0.0692. The van der Waals surface area contributed by atoms with Gasteiger partial charge in [0.25, 0.3) is 0 Å². The fraction of sp³-hybridized carbons (Fsp3) is 0.333. The molecule has 21 heavy (non-hydrogen) atoms. The summed E-state index contributed by atoms with van der Waals surface area (Å²) < 4.78 is 23.8. The van der Waals surface area contributed by atoms with Crippen LogP contribution in [-0.4, -0.2) is 23.3 Å². The third-order valence-electron chi connectivity index (χ3n) is 3.01. The summed E-state index contributed by atoms with van der Waals surface area (Å²) in [5, 5.41) is 13.2. The second-order valence-electron chi connectivity index (χ2n) is 5.64. The predicted molar refractivity (Wildman–Crippen MR) is 74.1 cm³/mol. The van der Waals surface area contributed by atoms with Crippen LogP contribution < -0.4 is 4.74 Å². The molecule has 0 radical (unpaired) electrons. The van der Waals surface area contributed by atoms with Gasteiger partial charge in [-0.05, 0) is 18.2 Å². The number of aromatic nitrogens is 1. The van der Waals surface area contributed by atoms with Crippen LogP contribution in [0.4, 0.5) is 4.39 Å². The molecule has 112 valence electrons. The van der Waals surface area contributed by atoms with Crippen molar-refractivity contribution in [1.29, 1.82) is 0 Å². The van der Waals surface area contributed by atoms with Crippen LogP contribution in [0.25, 0.3) is 11.3 Å². The topological polar surface area (TPSA) is 72.6 Å². The Bertz CT molecular complexity index is 685. The second kappa shape index (κ2) is 5.20. The monoisotopic (exact) mass is 293 g/mol. The standard InChI is InChI=1S/C15H16FNO4/c1-15(2,3)13-11(14(18)19)12(17-21-13)8-5-6-10(20-4)9(16)7-8/h5-7H,1-4H3,(H,18,19). The zero-order chi connectivity index (χ0) is 15.8. The third kappa shape index (κ3) is 2.74. The van der Waals surface area contributed by atoms with Crippen LogP contribution in [0.5, 0.6) is 5.75 Å². The SMILES string of the molecule is COc1ccc(-c2noc(C(C)(C)C)c2C(=O)O)cc1F. The quantitative estimate of drug-likeness (QED) is 0.937. The minimum absolute atomic E-state index is 0.0490. The molecule has 0 amide bonds. The number of hydrogen-bond acceptors (Lipinski definition) is 4. The first kappa shape index (κ1) is 15.0. The Morgan fingerprint density at radius 2 is 2.05 bits per heavy atom. The predicted octanol–water partition coefficient (Wildman–Crippen LogP) is 3.49. The van der Waals surface area contributed by atoms with Crippen LogP contribution in [0.15, 0.2) is 22.7 Å². The molecule has 1 heterocycles. The summed E-state index contributed by atoms with van der Waals surface area (Å²) in [4.78, 5) is 11.5. The highest BCUT2D eigenvalue weighted by molar-refractivity contribution is 5.96. The van der Waals surface area contributed by atoms with Crippen molar-refractivity contribution in [2.45, 2.75) is 26.2 Å². The van der Waals surface area contributed by atoms with E-state index in [0.717, 1.165) is 0 Å². The summed E-state index contributed by atoms with van der Waals surface area (Å²) in [5.74, 6) is -1.42. The molecular formula is C15H16FNO4. The summed E-state index contributed by atoms with van der Waals surface area (Å²) in [5.41, 5.74) is -0.143. The van der Waals surface area contributed by atoms with E-state index in [4.69, 9.17) is 9.26 Å². The zero-order valence-corrected chi connectivity index (χ0v) is 12.2. The molecule has 0 aliphatic heterocycles. The number of methoxy groups -OCH3 is 1. The van der Waals surface area contributed by atoms with Crippen molar-refractivity contribution < 1.29 is 23.6 Å². The van der Waals surface area contributed by atoms with Crippen LogP contribution in [0.3, 0.4) is 0 Å². The van der Waals surface area contributed by atoms with Crippen molar-refractivity contribution in [2.75, 3.05) is 7.11 Å². The third-order valence-corrected chi connectivity index (χ3v) is 3.01. The van der Waals surface area contributed by atoms with Gasteiger partial charge in [-0.1, -0.05) is 25.9 Å². The van der Waals surface area contributed by atoms with Crippen molar-refractivity contribution in [3.05, 3.63) is 35.3 Å². The number of rotatable bonds is 3. The van der Waals surface area contributed by atoms with Gasteiger partial charge < -0.3 is 14.4 Å². The van der Waals surface area contributed by atoms with E-state index in [9.17, 15) is 14.3 Å². The number of hydrogen-bond donors (Lipinski definition) is 1. The Morgan fingerprint density at radius 1 is 1.38 bits per heavy atom. The Balaban J connectivity index is 2.62. The molecule has 0 fully saturated rings. The van der Waals surface area contributed by atoms with Gasteiger partial charge in [-0.15, -0.1) is 0 Å². The van der Waals surface area contributed by atoms with Crippen LogP contribution in [-0.2, 0) is 5.41 Å². The highest BCUT2D eigenvalue weighted by atomic mass is 19.1. The van der Waals surface area contributed by atoms with E-state index in [1.54, 1.807) is 6.07 Å². The Kier molecular flexibility index (Phi) is 3.72. The van der Waals surface area contributed by atoms with Gasteiger partial charge in [0.05, 0.1) is 7.11 Å². The molecule has 0 saturated carbocycles. The van der Waals surface area contributed by atoms with Crippen molar-refractivity contribution in [3.63, 3.8) is 0 Å².